The van der Waals surface area contributed by atoms with E-state index in [0.29, 0.717) is 11.3 Å². The van der Waals surface area contributed by atoms with Gasteiger partial charge in [0.15, 0.2) is 0 Å². The molecule has 0 spiro atoms. The fourth-order valence-corrected chi connectivity index (χ4v) is 2.03. The highest BCUT2D eigenvalue weighted by Crippen LogP contribution is 2.16. The Morgan fingerprint density at radius 3 is 2.52 bits per heavy atom. The first kappa shape index (κ1) is 14.9. The zero-order valence-electron chi connectivity index (χ0n) is 10.8. The number of rotatable bonds is 4. The molecule has 2 aromatic carbocycles. The molecule has 0 heterocycles. The summed E-state index contributed by atoms with van der Waals surface area (Å²) in [6, 6.07) is 13.2. The number of carbonyl (C=O) groups excluding carboxylic acids is 1. The molecule has 2 rings (SSSR count). The molecule has 0 saturated heterocycles. The first-order valence-corrected chi connectivity index (χ1v) is 6.83. The SMILES string of the molecule is O=C(/C=C/c1ccc([N+](=O)[O-])cc1)Nc1cccc(Br)c1. The Kier molecular flexibility index (Phi) is 4.84. The molecule has 5 nitrogen and oxygen atoms in total. The van der Waals surface area contributed by atoms with E-state index >= 15 is 0 Å². The first-order chi connectivity index (χ1) is 10.0. The molecule has 1 amide bonds. The van der Waals surface area contributed by atoms with Crippen molar-refractivity contribution in [3.8, 4) is 0 Å². The highest BCUT2D eigenvalue weighted by Gasteiger charge is 2.03. The molecule has 0 aromatic heterocycles. The molecule has 2 aromatic rings. The van der Waals surface area contributed by atoms with Crippen LogP contribution in [-0.4, -0.2) is 10.8 Å². The lowest BCUT2D eigenvalue weighted by molar-refractivity contribution is -0.384. The third kappa shape index (κ3) is 4.54. The number of halogens is 1. The van der Waals surface area contributed by atoms with E-state index in [0.717, 1.165) is 4.47 Å². The minimum Gasteiger partial charge on any atom is -0.322 e. The van der Waals surface area contributed by atoms with E-state index in [9.17, 15) is 14.9 Å². The maximum atomic E-state index is 11.8. The molecule has 0 aliphatic carbocycles. The highest BCUT2D eigenvalue weighted by atomic mass is 79.9. The van der Waals surface area contributed by atoms with E-state index in [4.69, 9.17) is 0 Å². The number of hydrogen-bond acceptors (Lipinski definition) is 3. The summed E-state index contributed by atoms with van der Waals surface area (Å²) >= 11 is 3.32. The second kappa shape index (κ2) is 6.81. The van der Waals surface area contributed by atoms with E-state index in [1.807, 2.05) is 12.1 Å². The van der Waals surface area contributed by atoms with Gasteiger partial charge in [-0.2, -0.15) is 0 Å². The maximum Gasteiger partial charge on any atom is 0.269 e. The number of hydrogen-bond donors (Lipinski definition) is 1. The van der Waals surface area contributed by atoms with E-state index in [-0.39, 0.29) is 11.6 Å². The number of nitro benzene ring substituents is 1. The minimum atomic E-state index is -0.465. The maximum absolute atomic E-state index is 11.8. The number of nitrogens with one attached hydrogen (secondary N) is 1. The van der Waals surface area contributed by atoms with Crippen LogP contribution in [0.25, 0.3) is 6.08 Å². The number of benzene rings is 2. The summed E-state index contributed by atoms with van der Waals surface area (Å²) < 4.78 is 0.875. The second-order valence-corrected chi connectivity index (χ2v) is 5.10. The summed E-state index contributed by atoms with van der Waals surface area (Å²) in [5.74, 6) is -0.272. The van der Waals surface area contributed by atoms with Crippen LogP contribution in [0.2, 0.25) is 0 Å². The average molecular weight is 347 g/mol. The Morgan fingerprint density at radius 2 is 1.90 bits per heavy atom. The fraction of sp³-hybridized carbons (Fsp3) is 0. The van der Waals surface area contributed by atoms with Gasteiger partial charge in [-0.1, -0.05) is 22.0 Å². The molecule has 0 aliphatic heterocycles. The van der Waals surface area contributed by atoms with Crippen LogP contribution in [0.5, 0.6) is 0 Å². The lowest BCUT2D eigenvalue weighted by Gasteiger charge is -2.02. The van der Waals surface area contributed by atoms with Gasteiger partial charge in [0.2, 0.25) is 5.91 Å². The van der Waals surface area contributed by atoms with Crippen LogP contribution in [0.1, 0.15) is 5.56 Å². The molecular formula is C15H11BrN2O3. The summed E-state index contributed by atoms with van der Waals surface area (Å²) in [5, 5.41) is 13.2. The topological polar surface area (TPSA) is 72.2 Å². The number of anilines is 1. The number of non-ortho nitro benzene ring substituents is 1. The molecule has 1 N–H and O–H groups in total. The molecule has 0 bridgehead atoms. The normalized spacial score (nSPS) is 10.5. The summed E-state index contributed by atoms with van der Waals surface area (Å²) in [6.45, 7) is 0. The van der Waals surface area contributed by atoms with Crippen molar-refractivity contribution in [1.29, 1.82) is 0 Å². The van der Waals surface area contributed by atoms with Gasteiger partial charge in [0.1, 0.15) is 0 Å². The Bertz CT molecular complexity index is 696. The molecule has 0 atom stereocenters. The van der Waals surface area contributed by atoms with Crippen molar-refractivity contribution >= 4 is 39.3 Å². The number of nitro groups is 1. The highest BCUT2D eigenvalue weighted by molar-refractivity contribution is 9.10. The summed E-state index contributed by atoms with van der Waals surface area (Å²) in [7, 11) is 0. The van der Waals surface area contributed by atoms with Crippen LogP contribution in [0, 0.1) is 10.1 Å². The molecule has 0 aliphatic rings. The van der Waals surface area contributed by atoms with Crippen LogP contribution in [0.15, 0.2) is 59.1 Å². The largest absolute Gasteiger partial charge is 0.322 e. The van der Waals surface area contributed by atoms with Crippen LogP contribution < -0.4 is 5.32 Å². The van der Waals surface area contributed by atoms with E-state index in [1.165, 1.54) is 18.2 Å². The van der Waals surface area contributed by atoms with Crippen molar-refractivity contribution < 1.29 is 9.72 Å². The lowest BCUT2D eigenvalue weighted by atomic mass is 10.2. The monoisotopic (exact) mass is 346 g/mol. The first-order valence-electron chi connectivity index (χ1n) is 6.04. The van der Waals surface area contributed by atoms with Crippen molar-refractivity contribution in [2.75, 3.05) is 5.32 Å². The molecule has 0 saturated carbocycles. The third-order valence-corrected chi connectivity index (χ3v) is 3.12. The third-order valence-electron chi connectivity index (χ3n) is 2.62. The van der Waals surface area contributed by atoms with E-state index in [2.05, 4.69) is 21.2 Å². The zero-order valence-corrected chi connectivity index (χ0v) is 12.4. The number of carbonyl (C=O) groups is 1. The molecule has 6 heteroatoms. The van der Waals surface area contributed by atoms with Crippen LogP contribution in [0.4, 0.5) is 11.4 Å². The summed E-state index contributed by atoms with van der Waals surface area (Å²) in [6.07, 6.45) is 2.97. The van der Waals surface area contributed by atoms with Gasteiger partial charge in [-0.3, -0.25) is 14.9 Å². The van der Waals surface area contributed by atoms with Crippen molar-refractivity contribution in [3.63, 3.8) is 0 Å². The smallest absolute Gasteiger partial charge is 0.269 e. The minimum absolute atomic E-state index is 0.0192. The van der Waals surface area contributed by atoms with Crippen molar-refractivity contribution in [2.45, 2.75) is 0 Å². The van der Waals surface area contributed by atoms with Gasteiger partial charge >= 0.3 is 0 Å². The van der Waals surface area contributed by atoms with Gasteiger partial charge in [0.25, 0.3) is 5.69 Å². The van der Waals surface area contributed by atoms with Crippen molar-refractivity contribution in [3.05, 3.63) is 74.8 Å². The van der Waals surface area contributed by atoms with Crippen molar-refractivity contribution in [1.82, 2.24) is 0 Å². The van der Waals surface area contributed by atoms with Crippen molar-refractivity contribution in [2.24, 2.45) is 0 Å². The molecule has 106 valence electrons. The van der Waals surface area contributed by atoms with Gasteiger partial charge in [-0.15, -0.1) is 0 Å². The molecular weight excluding hydrogens is 336 g/mol. The summed E-state index contributed by atoms with van der Waals surface area (Å²) in [4.78, 5) is 21.8. The van der Waals surface area contributed by atoms with Crippen LogP contribution in [0.3, 0.4) is 0 Å². The van der Waals surface area contributed by atoms with Gasteiger partial charge < -0.3 is 5.32 Å². The van der Waals surface area contributed by atoms with Gasteiger partial charge in [-0.05, 0) is 42.0 Å². The number of amides is 1. The van der Waals surface area contributed by atoms with Crippen LogP contribution in [-0.2, 0) is 4.79 Å². The fourth-order valence-electron chi connectivity index (χ4n) is 1.63. The molecule has 0 radical (unpaired) electrons. The predicted molar refractivity (Wildman–Crippen MR) is 84.9 cm³/mol. The van der Waals surface area contributed by atoms with Gasteiger partial charge in [0.05, 0.1) is 4.92 Å². The Balaban J connectivity index is 2.00. The quantitative estimate of drug-likeness (QED) is 0.516. The Morgan fingerprint density at radius 1 is 1.19 bits per heavy atom. The molecule has 21 heavy (non-hydrogen) atoms. The molecule has 0 unspecified atom stereocenters. The molecule has 0 fully saturated rings. The van der Waals surface area contributed by atoms with E-state index in [1.54, 1.807) is 30.3 Å². The predicted octanol–water partition coefficient (Wildman–Crippen LogP) is 4.01. The average Bonchev–Trinajstić information content (AvgIpc) is 2.45. The lowest BCUT2D eigenvalue weighted by Crippen LogP contribution is -2.07. The standard InChI is InChI=1S/C15H11BrN2O3/c16-12-2-1-3-13(10-12)17-15(19)9-6-11-4-7-14(8-5-11)18(20)21/h1-10H,(H,17,19)/b9-6+. The number of nitrogens with zero attached hydrogens (tertiary/aromatic N) is 1. The van der Waals surface area contributed by atoms with E-state index < -0.39 is 4.92 Å². The summed E-state index contributed by atoms with van der Waals surface area (Å²) in [5.41, 5.74) is 1.42. The van der Waals surface area contributed by atoms with Crippen LogP contribution >= 0.6 is 15.9 Å². The Labute approximate surface area is 129 Å². The zero-order chi connectivity index (χ0) is 15.2. The Hall–Kier alpha value is -2.47. The van der Waals surface area contributed by atoms with Gasteiger partial charge in [0, 0.05) is 28.4 Å². The van der Waals surface area contributed by atoms with Gasteiger partial charge in [-0.25, -0.2) is 0 Å². The second-order valence-electron chi connectivity index (χ2n) is 4.18.